The second-order valence-electron chi connectivity index (χ2n) is 2.85. The molecule has 0 N–H and O–H groups in total. The fourth-order valence-electron chi connectivity index (χ4n) is 1.01. The highest BCUT2D eigenvalue weighted by molar-refractivity contribution is 5.87. The second-order valence-corrected chi connectivity index (χ2v) is 2.85. The largest absolute Gasteiger partial charge is 0.466 e. The highest BCUT2D eigenvalue weighted by atomic mass is 16.5. The molecule has 1 aromatic heterocycles. The zero-order chi connectivity index (χ0) is 11.3. The molecule has 76 valence electrons. The molecule has 4 heteroatoms. The fourth-order valence-corrected chi connectivity index (χ4v) is 1.01. The van der Waals surface area contributed by atoms with Gasteiger partial charge >= 0.3 is 5.97 Å². The van der Waals surface area contributed by atoms with Crippen LogP contribution in [0.15, 0.2) is 18.2 Å². The highest BCUT2D eigenvalue weighted by Gasteiger charge is 2.01. The van der Waals surface area contributed by atoms with Crippen LogP contribution in [0, 0.1) is 18.3 Å². The van der Waals surface area contributed by atoms with Crippen molar-refractivity contribution in [1.29, 1.82) is 5.26 Å². The zero-order valence-electron chi connectivity index (χ0n) is 8.52. The van der Waals surface area contributed by atoms with Crippen molar-refractivity contribution in [2.24, 2.45) is 0 Å². The van der Waals surface area contributed by atoms with E-state index >= 15 is 0 Å². The Kier molecular flexibility index (Phi) is 3.58. The number of carbonyl (C=O) groups excluding carboxylic acids is 1. The summed E-state index contributed by atoms with van der Waals surface area (Å²) in [7, 11) is 1.29. The monoisotopic (exact) mass is 202 g/mol. The van der Waals surface area contributed by atoms with Gasteiger partial charge in [-0.2, -0.15) is 5.26 Å². The fraction of sp³-hybridized carbons (Fsp3) is 0.182. The van der Waals surface area contributed by atoms with E-state index in [1.807, 2.05) is 13.0 Å². The van der Waals surface area contributed by atoms with E-state index in [9.17, 15) is 4.79 Å². The van der Waals surface area contributed by atoms with E-state index in [0.717, 1.165) is 5.69 Å². The van der Waals surface area contributed by atoms with Crippen molar-refractivity contribution in [3.05, 3.63) is 35.2 Å². The summed E-state index contributed by atoms with van der Waals surface area (Å²) < 4.78 is 4.44. The summed E-state index contributed by atoms with van der Waals surface area (Å²) in [5.41, 5.74) is 1.70. The van der Waals surface area contributed by atoms with Crippen LogP contribution in [0.2, 0.25) is 0 Å². The molecule has 0 aliphatic carbocycles. The Morgan fingerprint density at radius 3 is 2.93 bits per heavy atom. The maximum absolute atomic E-state index is 10.8. The summed E-state index contributed by atoms with van der Waals surface area (Å²) in [5, 5.41) is 8.79. The highest BCUT2D eigenvalue weighted by Crippen LogP contribution is 2.08. The number of pyridine rings is 1. The second kappa shape index (κ2) is 4.91. The van der Waals surface area contributed by atoms with Crippen LogP contribution in [0.1, 0.15) is 17.0 Å². The van der Waals surface area contributed by atoms with Crippen molar-refractivity contribution in [1.82, 2.24) is 4.98 Å². The molecule has 1 rings (SSSR count). The number of rotatable bonds is 2. The first-order valence-corrected chi connectivity index (χ1v) is 4.31. The molecule has 0 fully saturated rings. The lowest BCUT2D eigenvalue weighted by molar-refractivity contribution is -0.134. The molecule has 0 spiro atoms. The van der Waals surface area contributed by atoms with Crippen LogP contribution in [-0.4, -0.2) is 18.1 Å². The van der Waals surface area contributed by atoms with Gasteiger partial charge in [-0.25, -0.2) is 4.79 Å². The third-order valence-corrected chi connectivity index (χ3v) is 1.76. The average Bonchev–Trinajstić information content (AvgIpc) is 2.26. The number of carbonyl (C=O) groups is 1. The van der Waals surface area contributed by atoms with Gasteiger partial charge in [-0.3, -0.25) is 4.98 Å². The number of ether oxygens (including phenoxy) is 1. The van der Waals surface area contributed by atoms with Gasteiger partial charge in [-0.05, 0) is 25.1 Å². The van der Waals surface area contributed by atoms with Crippen LogP contribution in [0.25, 0.3) is 6.08 Å². The van der Waals surface area contributed by atoms with Crippen molar-refractivity contribution in [2.75, 3.05) is 7.11 Å². The molecule has 0 radical (unpaired) electrons. The Bertz CT molecular complexity index is 444. The van der Waals surface area contributed by atoms with Gasteiger partial charge in [0.1, 0.15) is 6.07 Å². The smallest absolute Gasteiger partial charge is 0.330 e. The third-order valence-electron chi connectivity index (χ3n) is 1.76. The lowest BCUT2D eigenvalue weighted by Crippen LogP contribution is -1.95. The van der Waals surface area contributed by atoms with Gasteiger partial charge in [0.2, 0.25) is 0 Å². The number of methoxy groups -OCH3 is 1. The summed E-state index contributed by atoms with van der Waals surface area (Å²) in [6.45, 7) is 1.82. The Labute approximate surface area is 87.8 Å². The molecule has 0 bridgehead atoms. The van der Waals surface area contributed by atoms with Crippen LogP contribution < -0.4 is 0 Å². The standard InChI is InChI=1S/C11H10N2O2/c1-8-3-4-9(7-12)10(13-8)5-6-11(14)15-2/h3-6H,1-2H3/b6-5+. The molecule has 0 aromatic carbocycles. The number of aromatic nitrogens is 1. The molecule has 0 saturated carbocycles. The van der Waals surface area contributed by atoms with E-state index in [-0.39, 0.29) is 0 Å². The summed E-state index contributed by atoms with van der Waals surface area (Å²) in [6, 6.07) is 5.41. The van der Waals surface area contributed by atoms with Gasteiger partial charge in [0, 0.05) is 11.8 Å². The Morgan fingerprint density at radius 1 is 1.60 bits per heavy atom. The quantitative estimate of drug-likeness (QED) is 0.537. The van der Waals surface area contributed by atoms with Crippen LogP contribution in [0.5, 0.6) is 0 Å². The molecule has 1 heterocycles. The first-order valence-electron chi connectivity index (χ1n) is 4.31. The number of hydrogen-bond donors (Lipinski definition) is 0. The summed E-state index contributed by atoms with van der Waals surface area (Å²) >= 11 is 0. The Hall–Kier alpha value is -2.15. The summed E-state index contributed by atoms with van der Waals surface area (Å²) in [5.74, 6) is -0.470. The van der Waals surface area contributed by atoms with E-state index in [1.54, 1.807) is 12.1 Å². The lowest BCUT2D eigenvalue weighted by atomic mass is 10.2. The topological polar surface area (TPSA) is 63.0 Å². The van der Waals surface area contributed by atoms with E-state index in [1.165, 1.54) is 19.3 Å². The zero-order valence-corrected chi connectivity index (χ0v) is 8.52. The van der Waals surface area contributed by atoms with Crippen molar-refractivity contribution in [2.45, 2.75) is 6.92 Å². The van der Waals surface area contributed by atoms with Gasteiger partial charge in [-0.15, -0.1) is 0 Å². The lowest BCUT2D eigenvalue weighted by Gasteiger charge is -1.98. The van der Waals surface area contributed by atoms with Gasteiger partial charge in [0.05, 0.1) is 18.4 Å². The SMILES string of the molecule is COC(=O)/C=C/c1nc(C)ccc1C#N. The van der Waals surface area contributed by atoms with Gasteiger partial charge in [0.15, 0.2) is 0 Å². The molecular weight excluding hydrogens is 192 g/mol. The van der Waals surface area contributed by atoms with E-state index in [2.05, 4.69) is 9.72 Å². The third kappa shape index (κ3) is 2.92. The maximum atomic E-state index is 10.8. The van der Waals surface area contributed by atoms with Crippen molar-refractivity contribution >= 4 is 12.0 Å². The first kappa shape index (κ1) is 10.9. The number of nitrogens with zero attached hydrogens (tertiary/aromatic N) is 2. The van der Waals surface area contributed by atoms with Crippen molar-refractivity contribution in [3.63, 3.8) is 0 Å². The number of esters is 1. The minimum absolute atomic E-state index is 0.431. The number of hydrogen-bond acceptors (Lipinski definition) is 4. The van der Waals surface area contributed by atoms with Crippen LogP contribution in [0.3, 0.4) is 0 Å². The Morgan fingerprint density at radius 2 is 2.33 bits per heavy atom. The molecule has 4 nitrogen and oxygen atoms in total. The molecule has 15 heavy (non-hydrogen) atoms. The maximum Gasteiger partial charge on any atom is 0.330 e. The van der Waals surface area contributed by atoms with E-state index in [0.29, 0.717) is 11.3 Å². The van der Waals surface area contributed by atoms with Gasteiger partial charge < -0.3 is 4.74 Å². The van der Waals surface area contributed by atoms with E-state index < -0.39 is 5.97 Å². The predicted octanol–water partition coefficient (Wildman–Crippen LogP) is 1.45. The van der Waals surface area contributed by atoms with Gasteiger partial charge in [-0.1, -0.05) is 0 Å². The summed E-state index contributed by atoms with van der Waals surface area (Å²) in [6.07, 6.45) is 2.71. The van der Waals surface area contributed by atoms with Gasteiger partial charge in [0.25, 0.3) is 0 Å². The number of aryl methyl sites for hydroxylation is 1. The normalized spacial score (nSPS) is 9.93. The minimum Gasteiger partial charge on any atom is -0.466 e. The molecule has 0 amide bonds. The molecule has 0 unspecified atom stereocenters. The van der Waals surface area contributed by atoms with Crippen LogP contribution in [0.4, 0.5) is 0 Å². The predicted molar refractivity (Wildman–Crippen MR) is 54.7 cm³/mol. The molecular formula is C11H10N2O2. The summed E-state index contributed by atoms with van der Waals surface area (Å²) in [4.78, 5) is 15.0. The first-order chi connectivity index (χ1) is 7.17. The average molecular weight is 202 g/mol. The molecule has 0 saturated heterocycles. The van der Waals surface area contributed by atoms with E-state index in [4.69, 9.17) is 5.26 Å². The number of nitriles is 1. The minimum atomic E-state index is -0.470. The van der Waals surface area contributed by atoms with Crippen molar-refractivity contribution in [3.8, 4) is 6.07 Å². The molecule has 0 aliphatic rings. The molecule has 0 aliphatic heterocycles. The van der Waals surface area contributed by atoms with Crippen LogP contribution in [-0.2, 0) is 9.53 Å². The van der Waals surface area contributed by atoms with Crippen LogP contribution >= 0.6 is 0 Å². The Balaban J connectivity index is 3.03. The molecule has 1 aromatic rings. The van der Waals surface area contributed by atoms with Crippen molar-refractivity contribution < 1.29 is 9.53 Å². The molecule has 0 atom stereocenters.